The summed E-state index contributed by atoms with van der Waals surface area (Å²) in [7, 11) is 0. The third-order valence-corrected chi connectivity index (χ3v) is 5.64. The summed E-state index contributed by atoms with van der Waals surface area (Å²) in [4.78, 5) is 23.3. The van der Waals surface area contributed by atoms with Crippen molar-refractivity contribution in [3.63, 3.8) is 0 Å². The van der Waals surface area contributed by atoms with Crippen molar-refractivity contribution in [3.05, 3.63) is 72.1 Å². The van der Waals surface area contributed by atoms with Gasteiger partial charge < -0.3 is 4.90 Å². The molecule has 0 aliphatic carbocycles. The molecule has 0 bridgehead atoms. The fraction of sp³-hybridized carbons (Fsp3) is 0.273. The lowest BCUT2D eigenvalue weighted by Crippen LogP contribution is -2.38. The van der Waals surface area contributed by atoms with Crippen molar-refractivity contribution in [2.45, 2.75) is 25.7 Å². The average Bonchev–Trinajstić information content (AvgIpc) is 3.40. The van der Waals surface area contributed by atoms with Crippen LogP contribution in [0.5, 0.6) is 0 Å². The van der Waals surface area contributed by atoms with Crippen LogP contribution in [-0.2, 0) is 0 Å². The Kier molecular flexibility index (Phi) is 4.35. The van der Waals surface area contributed by atoms with Crippen molar-refractivity contribution in [2.75, 3.05) is 13.1 Å². The monoisotopic (exact) mass is 386 g/mol. The van der Waals surface area contributed by atoms with E-state index < -0.39 is 0 Å². The number of benzene rings is 1. The average molecular weight is 386 g/mol. The van der Waals surface area contributed by atoms with E-state index in [0.717, 1.165) is 18.4 Å². The Balaban J connectivity index is 1.31. The van der Waals surface area contributed by atoms with Crippen LogP contribution in [-0.4, -0.2) is 48.5 Å². The number of rotatable bonds is 3. The first kappa shape index (κ1) is 17.6. The molecular formula is C22H22N6O. The minimum Gasteiger partial charge on any atom is -0.337 e. The SMILES string of the molecule is Cc1cccc(-c2cn[nH]c2C2CCN(C(=O)c3cn4cccnc4n3)CC2)c1. The van der Waals surface area contributed by atoms with E-state index >= 15 is 0 Å². The number of aryl methyl sites for hydroxylation is 1. The minimum absolute atomic E-state index is 0.0301. The third-order valence-electron chi connectivity index (χ3n) is 5.64. The molecule has 7 heteroatoms. The molecule has 1 N–H and O–H groups in total. The van der Waals surface area contributed by atoms with Gasteiger partial charge in [-0.15, -0.1) is 0 Å². The molecule has 4 aromatic rings. The Labute approximate surface area is 168 Å². The molecular weight excluding hydrogens is 364 g/mol. The third kappa shape index (κ3) is 3.29. The maximum Gasteiger partial charge on any atom is 0.274 e. The van der Waals surface area contributed by atoms with Gasteiger partial charge in [0.25, 0.3) is 5.91 Å². The van der Waals surface area contributed by atoms with E-state index in [1.165, 1.54) is 16.8 Å². The predicted molar refractivity (Wildman–Crippen MR) is 110 cm³/mol. The molecule has 1 aliphatic rings. The highest BCUT2D eigenvalue weighted by molar-refractivity contribution is 5.92. The van der Waals surface area contributed by atoms with E-state index in [0.29, 0.717) is 30.5 Å². The summed E-state index contributed by atoms with van der Waals surface area (Å²) in [5, 5.41) is 7.51. The van der Waals surface area contributed by atoms with Crippen molar-refractivity contribution in [2.24, 2.45) is 0 Å². The number of piperidine rings is 1. The molecule has 146 valence electrons. The van der Waals surface area contributed by atoms with Crippen molar-refractivity contribution in [3.8, 4) is 11.1 Å². The number of aromatic amines is 1. The normalized spacial score (nSPS) is 15.1. The Morgan fingerprint density at radius 3 is 2.86 bits per heavy atom. The Morgan fingerprint density at radius 2 is 2.07 bits per heavy atom. The highest BCUT2D eigenvalue weighted by Gasteiger charge is 2.28. The molecule has 29 heavy (non-hydrogen) atoms. The Hall–Kier alpha value is -3.48. The molecule has 0 atom stereocenters. The Bertz CT molecular complexity index is 1140. The van der Waals surface area contributed by atoms with Crippen molar-refractivity contribution in [1.82, 2.24) is 29.5 Å². The first-order valence-corrected chi connectivity index (χ1v) is 9.88. The van der Waals surface area contributed by atoms with Crippen molar-refractivity contribution < 1.29 is 4.79 Å². The van der Waals surface area contributed by atoms with Crippen LogP contribution in [0.15, 0.2) is 55.1 Å². The number of amides is 1. The van der Waals surface area contributed by atoms with E-state index in [4.69, 9.17) is 0 Å². The number of nitrogens with one attached hydrogen (secondary N) is 1. The van der Waals surface area contributed by atoms with Crippen LogP contribution in [0.3, 0.4) is 0 Å². The summed E-state index contributed by atoms with van der Waals surface area (Å²) in [6, 6.07) is 10.3. The maximum absolute atomic E-state index is 12.9. The van der Waals surface area contributed by atoms with Gasteiger partial charge in [-0.1, -0.05) is 29.8 Å². The summed E-state index contributed by atoms with van der Waals surface area (Å²) in [5.74, 6) is 0.878. The number of hydrogen-bond acceptors (Lipinski definition) is 4. The zero-order valence-corrected chi connectivity index (χ0v) is 16.2. The van der Waals surface area contributed by atoms with Crippen LogP contribution in [0.1, 0.15) is 40.5 Å². The lowest BCUT2D eigenvalue weighted by atomic mass is 9.89. The highest BCUT2D eigenvalue weighted by atomic mass is 16.2. The topological polar surface area (TPSA) is 79.2 Å². The van der Waals surface area contributed by atoms with Gasteiger partial charge in [-0.2, -0.15) is 5.10 Å². The van der Waals surface area contributed by atoms with Crippen LogP contribution in [0.2, 0.25) is 0 Å². The van der Waals surface area contributed by atoms with Gasteiger partial charge in [-0.3, -0.25) is 14.3 Å². The van der Waals surface area contributed by atoms with Gasteiger partial charge in [0, 0.05) is 48.9 Å². The highest BCUT2D eigenvalue weighted by Crippen LogP contribution is 2.34. The summed E-state index contributed by atoms with van der Waals surface area (Å²) in [6.45, 7) is 3.51. The van der Waals surface area contributed by atoms with E-state index in [-0.39, 0.29) is 5.91 Å². The standard InChI is InChI=1S/C22H22N6O/c1-15-4-2-5-17(12-15)18-13-24-26-20(18)16-6-10-27(11-7-16)21(29)19-14-28-9-3-8-23-22(28)25-19/h2-5,8-9,12-14,16H,6-7,10-11H2,1H3,(H,24,26). The lowest BCUT2D eigenvalue weighted by molar-refractivity contribution is 0.0707. The Morgan fingerprint density at radius 1 is 1.21 bits per heavy atom. The number of carbonyl (C=O) groups is 1. The first-order valence-electron chi connectivity index (χ1n) is 9.88. The second-order valence-corrected chi connectivity index (χ2v) is 7.59. The number of aromatic nitrogens is 5. The molecule has 0 radical (unpaired) electrons. The number of H-pyrrole nitrogens is 1. The van der Waals surface area contributed by atoms with E-state index in [1.54, 1.807) is 16.8 Å². The zero-order chi connectivity index (χ0) is 19.8. The summed E-state index contributed by atoms with van der Waals surface area (Å²) < 4.78 is 1.78. The van der Waals surface area contributed by atoms with Crippen LogP contribution in [0.25, 0.3) is 16.9 Å². The van der Waals surface area contributed by atoms with Crippen LogP contribution in [0.4, 0.5) is 0 Å². The van der Waals surface area contributed by atoms with Crippen LogP contribution in [0, 0.1) is 6.92 Å². The number of hydrogen-bond donors (Lipinski definition) is 1. The van der Waals surface area contributed by atoms with Crippen molar-refractivity contribution >= 4 is 11.7 Å². The van der Waals surface area contributed by atoms with Crippen LogP contribution >= 0.6 is 0 Å². The molecule has 5 rings (SSSR count). The smallest absolute Gasteiger partial charge is 0.274 e. The molecule has 3 aromatic heterocycles. The van der Waals surface area contributed by atoms with Gasteiger partial charge in [0.1, 0.15) is 5.69 Å². The summed E-state index contributed by atoms with van der Waals surface area (Å²) >= 11 is 0. The second kappa shape index (κ2) is 7.16. The summed E-state index contributed by atoms with van der Waals surface area (Å²) in [5.41, 5.74) is 5.19. The van der Waals surface area contributed by atoms with Gasteiger partial charge >= 0.3 is 0 Å². The molecule has 0 saturated carbocycles. The lowest BCUT2D eigenvalue weighted by Gasteiger charge is -2.31. The molecule has 1 aliphatic heterocycles. The van der Waals surface area contributed by atoms with E-state index in [2.05, 4.69) is 51.4 Å². The number of carbonyl (C=O) groups excluding carboxylic acids is 1. The van der Waals surface area contributed by atoms with Crippen LogP contribution < -0.4 is 0 Å². The molecule has 1 saturated heterocycles. The molecule has 4 heterocycles. The minimum atomic E-state index is -0.0301. The quantitative estimate of drug-likeness (QED) is 0.585. The number of nitrogens with zero attached hydrogens (tertiary/aromatic N) is 5. The second-order valence-electron chi connectivity index (χ2n) is 7.59. The van der Waals surface area contributed by atoms with Crippen molar-refractivity contribution in [1.29, 1.82) is 0 Å². The van der Waals surface area contributed by atoms with Gasteiger partial charge in [0.15, 0.2) is 0 Å². The van der Waals surface area contributed by atoms with E-state index in [9.17, 15) is 4.79 Å². The van der Waals surface area contributed by atoms with Gasteiger partial charge in [0.2, 0.25) is 5.78 Å². The number of likely N-dealkylation sites (tertiary alicyclic amines) is 1. The largest absolute Gasteiger partial charge is 0.337 e. The predicted octanol–water partition coefficient (Wildman–Crippen LogP) is 3.45. The zero-order valence-electron chi connectivity index (χ0n) is 16.2. The molecule has 1 fully saturated rings. The fourth-order valence-corrected chi connectivity index (χ4v) is 4.12. The molecule has 1 amide bonds. The van der Waals surface area contributed by atoms with Gasteiger partial charge in [0.05, 0.1) is 6.20 Å². The number of imidazole rings is 1. The van der Waals surface area contributed by atoms with Gasteiger partial charge in [-0.05, 0) is 31.4 Å². The first-order chi connectivity index (χ1) is 14.2. The van der Waals surface area contributed by atoms with E-state index in [1.807, 2.05) is 23.4 Å². The molecule has 1 aromatic carbocycles. The molecule has 7 nitrogen and oxygen atoms in total. The molecule has 0 spiro atoms. The van der Waals surface area contributed by atoms with Gasteiger partial charge in [-0.25, -0.2) is 9.97 Å². The molecule has 0 unspecified atom stereocenters. The number of fused-ring (bicyclic) bond motifs is 1. The fourth-order valence-electron chi connectivity index (χ4n) is 4.12. The summed E-state index contributed by atoms with van der Waals surface area (Å²) in [6.07, 6.45) is 8.99. The maximum atomic E-state index is 12.9.